The van der Waals surface area contributed by atoms with Gasteiger partial charge in [0, 0.05) is 0 Å². The van der Waals surface area contributed by atoms with Crippen molar-refractivity contribution in [3.63, 3.8) is 0 Å². The second kappa shape index (κ2) is 7.62. The lowest BCUT2D eigenvalue weighted by atomic mass is 10.0. The molecule has 1 atom stereocenters. The van der Waals surface area contributed by atoms with Crippen LogP contribution in [0.2, 0.25) is 0 Å². The summed E-state index contributed by atoms with van der Waals surface area (Å²) in [7, 11) is 0. The number of aliphatic hydroxyl groups is 1. The van der Waals surface area contributed by atoms with Crippen molar-refractivity contribution < 1.29 is 9.84 Å². The Labute approximate surface area is 142 Å². The molecule has 0 aliphatic carbocycles. The quantitative estimate of drug-likeness (QED) is 0.694. The first-order valence-corrected chi connectivity index (χ1v) is 7.93. The van der Waals surface area contributed by atoms with Gasteiger partial charge < -0.3 is 9.84 Å². The van der Waals surface area contributed by atoms with Crippen LogP contribution in [0.4, 0.5) is 0 Å². The summed E-state index contributed by atoms with van der Waals surface area (Å²) in [4.78, 5) is 0. The monoisotopic (exact) mass is 316 g/mol. The summed E-state index contributed by atoms with van der Waals surface area (Å²) in [6.45, 7) is 4.26. The Hall–Kier alpha value is -2.84. The molecule has 2 nitrogen and oxygen atoms in total. The number of rotatable bonds is 6. The van der Waals surface area contributed by atoms with Gasteiger partial charge >= 0.3 is 0 Å². The van der Waals surface area contributed by atoms with Crippen LogP contribution >= 0.6 is 0 Å². The fraction of sp³-hybridized carbons (Fsp3) is 0.0909. The number of ether oxygens (including phenoxy) is 1. The Morgan fingerprint density at radius 1 is 0.833 bits per heavy atom. The molecule has 24 heavy (non-hydrogen) atoms. The zero-order valence-electron chi connectivity index (χ0n) is 13.4. The summed E-state index contributed by atoms with van der Waals surface area (Å²) in [5.41, 5.74) is 3.93. The Kier molecular flexibility index (Phi) is 5.09. The molecule has 1 unspecified atom stereocenters. The number of aliphatic hydroxyl groups excluding tert-OH is 1. The predicted octanol–water partition coefficient (Wildman–Crippen LogP) is 4.99. The molecule has 0 fully saturated rings. The predicted molar refractivity (Wildman–Crippen MR) is 97.8 cm³/mol. The zero-order chi connectivity index (χ0) is 16.8. The molecule has 3 aromatic carbocycles. The summed E-state index contributed by atoms with van der Waals surface area (Å²) in [5, 5.41) is 10.4. The molecule has 0 heterocycles. The van der Waals surface area contributed by atoms with Crippen LogP contribution in [-0.2, 0) is 6.61 Å². The fourth-order valence-corrected chi connectivity index (χ4v) is 2.49. The molecule has 1 N–H and O–H groups in total. The molecule has 0 amide bonds. The van der Waals surface area contributed by atoms with E-state index in [1.807, 2.05) is 84.9 Å². The van der Waals surface area contributed by atoms with Crippen LogP contribution < -0.4 is 4.74 Å². The van der Waals surface area contributed by atoms with Crippen LogP contribution in [0.25, 0.3) is 6.08 Å². The van der Waals surface area contributed by atoms with Crippen LogP contribution in [0, 0.1) is 0 Å². The lowest BCUT2D eigenvalue weighted by Gasteiger charge is -2.12. The Morgan fingerprint density at radius 3 is 2.08 bits per heavy atom. The van der Waals surface area contributed by atoms with E-state index in [1.54, 1.807) is 0 Å². The minimum atomic E-state index is -0.619. The molecule has 0 bridgehead atoms. The van der Waals surface area contributed by atoms with E-state index < -0.39 is 6.10 Å². The topological polar surface area (TPSA) is 29.5 Å². The van der Waals surface area contributed by atoms with Gasteiger partial charge in [0.05, 0.1) is 0 Å². The molecule has 0 saturated heterocycles. The van der Waals surface area contributed by atoms with Crippen molar-refractivity contribution in [2.45, 2.75) is 12.7 Å². The summed E-state index contributed by atoms with van der Waals surface area (Å²) in [6, 6.07) is 25.3. The van der Waals surface area contributed by atoms with Crippen molar-refractivity contribution in [2.24, 2.45) is 0 Å². The van der Waals surface area contributed by atoms with E-state index in [9.17, 15) is 5.11 Å². The summed E-state index contributed by atoms with van der Waals surface area (Å²) in [6.07, 6.45) is 1.20. The number of hydrogen-bond acceptors (Lipinski definition) is 2. The van der Waals surface area contributed by atoms with Gasteiger partial charge in [0.25, 0.3) is 0 Å². The van der Waals surface area contributed by atoms with Gasteiger partial charge in [-0.05, 0) is 34.4 Å². The van der Waals surface area contributed by atoms with Crippen molar-refractivity contribution in [1.29, 1.82) is 0 Å². The molecule has 0 radical (unpaired) electrons. The second-order valence-corrected chi connectivity index (χ2v) is 5.62. The van der Waals surface area contributed by atoms with Crippen molar-refractivity contribution in [2.75, 3.05) is 0 Å². The maximum atomic E-state index is 10.4. The summed E-state index contributed by atoms with van der Waals surface area (Å²) in [5.74, 6) is 0.784. The van der Waals surface area contributed by atoms with E-state index in [0.717, 1.165) is 28.0 Å². The standard InChI is InChI=1S/C22H20O2/c1-2-17-8-10-18(11-9-17)16-24-21-14-12-20(13-15-21)22(23)19-6-4-3-5-7-19/h2-15,22-23H,1,16H2. The van der Waals surface area contributed by atoms with E-state index in [0.29, 0.717) is 6.61 Å². The molecule has 0 saturated carbocycles. The van der Waals surface area contributed by atoms with Gasteiger partial charge in [-0.15, -0.1) is 0 Å². The largest absolute Gasteiger partial charge is 0.489 e. The van der Waals surface area contributed by atoms with E-state index in [1.165, 1.54) is 0 Å². The zero-order valence-corrected chi connectivity index (χ0v) is 13.4. The van der Waals surface area contributed by atoms with E-state index in [2.05, 4.69) is 6.58 Å². The van der Waals surface area contributed by atoms with Gasteiger partial charge in [-0.25, -0.2) is 0 Å². The van der Waals surface area contributed by atoms with Crippen LogP contribution in [-0.4, -0.2) is 5.11 Å². The van der Waals surface area contributed by atoms with Gasteiger partial charge in [-0.3, -0.25) is 0 Å². The van der Waals surface area contributed by atoms with Crippen molar-refractivity contribution in [1.82, 2.24) is 0 Å². The Bertz CT molecular complexity index is 774. The molecule has 0 spiro atoms. The highest BCUT2D eigenvalue weighted by atomic mass is 16.5. The third-order valence-electron chi connectivity index (χ3n) is 3.93. The normalized spacial score (nSPS) is 11.7. The molecule has 3 aromatic rings. The Morgan fingerprint density at radius 2 is 1.46 bits per heavy atom. The van der Waals surface area contributed by atoms with Crippen LogP contribution in [0.3, 0.4) is 0 Å². The van der Waals surface area contributed by atoms with Crippen molar-refractivity contribution >= 4 is 6.08 Å². The summed E-state index contributed by atoms with van der Waals surface area (Å²) >= 11 is 0. The molecule has 0 aliphatic heterocycles. The second-order valence-electron chi connectivity index (χ2n) is 5.62. The third kappa shape index (κ3) is 3.92. The van der Waals surface area contributed by atoms with Crippen LogP contribution in [0.15, 0.2) is 85.4 Å². The molecule has 0 aliphatic rings. The average molecular weight is 316 g/mol. The molecule has 120 valence electrons. The molecule has 2 heteroatoms. The number of benzene rings is 3. The maximum absolute atomic E-state index is 10.4. The van der Waals surface area contributed by atoms with E-state index in [4.69, 9.17) is 4.74 Å². The van der Waals surface area contributed by atoms with Gasteiger partial charge in [-0.2, -0.15) is 0 Å². The molecule has 0 aromatic heterocycles. The first kappa shape index (κ1) is 16.0. The summed E-state index contributed by atoms with van der Waals surface area (Å²) < 4.78 is 5.80. The van der Waals surface area contributed by atoms with Gasteiger partial charge in [0.1, 0.15) is 18.5 Å². The minimum Gasteiger partial charge on any atom is -0.489 e. The smallest absolute Gasteiger partial charge is 0.119 e. The van der Waals surface area contributed by atoms with E-state index >= 15 is 0 Å². The first-order valence-electron chi connectivity index (χ1n) is 7.93. The van der Waals surface area contributed by atoms with Gasteiger partial charge in [0.2, 0.25) is 0 Å². The van der Waals surface area contributed by atoms with Crippen molar-refractivity contribution in [3.05, 3.63) is 108 Å². The lowest BCUT2D eigenvalue weighted by Crippen LogP contribution is -2.00. The molecular formula is C22H20O2. The SMILES string of the molecule is C=Cc1ccc(COc2ccc(C(O)c3ccccc3)cc2)cc1. The Balaban J connectivity index is 1.62. The van der Waals surface area contributed by atoms with Gasteiger partial charge in [-0.1, -0.05) is 79.4 Å². The molecular weight excluding hydrogens is 296 g/mol. The highest BCUT2D eigenvalue weighted by Crippen LogP contribution is 2.24. The molecule has 3 rings (SSSR count). The highest BCUT2D eigenvalue weighted by Gasteiger charge is 2.09. The van der Waals surface area contributed by atoms with Crippen LogP contribution in [0.5, 0.6) is 5.75 Å². The maximum Gasteiger partial charge on any atom is 0.119 e. The number of hydrogen-bond donors (Lipinski definition) is 1. The first-order chi connectivity index (χ1) is 11.8. The fourth-order valence-electron chi connectivity index (χ4n) is 2.49. The van der Waals surface area contributed by atoms with E-state index in [-0.39, 0.29) is 0 Å². The van der Waals surface area contributed by atoms with Crippen molar-refractivity contribution in [3.8, 4) is 5.75 Å². The van der Waals surface area contributed by atoms with Gasteiger partial charge in [0.15, 0.2) is 0 Å². The average Bonchev–Trinajstić information content (AvgIpc) is 2.67. The highest BCUT2D eigenvalue weighted by molar-refractivity contribution is 5.47. The van der Waals surface area contributed by atoms with Crippen LogP contribution in [0.1, 0.15) is 28.4 Å². The lowest BCUT2D eigenvalue weighted by molar-refractivity contribution is 0.220. The minimum absolute atomic E-state index is 0.512. The third-order valence-corrected chi connectivity index (χ3v) is 3.93.